The topological polar surface area (TPSA) is 9.23 Å². The van der Waals surface area contributed by atoms with Gasteiger partial charge in [-0.1, -0.05) is 66.5 Å². The Morgan fingerprint density at radius 1 is 1.17 bits per heavy atom. The molecule has 0 bridgehead atoms. The fourth-order valence-corrected chi connectivity index (χ4v) is 2.52. The van der Waals surface area contributed by atoms with E-state index in [0.717, 1.165) is 24.1 Å². The van der Waals surface area contributed by atoms with Crippen molar-refractivity contribution >= 4 is 26.7 Å². The molecule has 2 heteroatoms. The van der Waals surface area contributed by atoms with E-state index in [1.807, 2.05) is 0 Å². The second-order valence-corrected chi connectivity index (χ2v) is 5.28. The Labute approximate surface area is 117 Å². The van der Waals surface area contributed by atoms with Crippen molar-refractivity contribution in [1.82, 2.24) is 0 Å². The third-order valence-corrected chi connectivity index (χ3v) is 3.91. The molecule has 0 radical (unpaired) electrons. The van der Waals surface area contributed by atoms with E-state index in [-0.39, 0.29) is 0 Å². The quantitative estimate of drug-likeness (QED) is 0.693. The highest BCUT2D eigenvalue weighted by Gasteiger charge is 2.08. The van der Waals surface area contributed by atoms with Crippen molar-refractivity contribution in [1.29, 1.82) is 0 Å². The minimum absolute atomic E-state index is 0.597. The molecule has 0 amide bonds. The van der Waals surface area contributed by atoms with Crippen LogP contribution in [0.1, 0.15) is 25.8 Å². The maximum Gasteiger partial charge on any atom is 0.123 e. The summed E-state index contributed by atoms with van der Waals surface area (Å²) in [7, 11) is 0. The van der Waals surface area contributed by atoms with Gasteiger partial charge in [0.05, 0.1) is 6.61 Å². The van der Waals surface area contributed by atoms with Gasteiger partial charge in [-0.25, -0.2) is 0 Å². The normalized spacial score (nSPS) is 12.6. The SMILES string of the molecule is CCC(C)COc1ccc2ccccc2c1CBr. The first-order chi connectivity index (χ1) is 8.76. The maximum atomic E-state index is 5.96. The molecule has 0 saturated heterocycles. The largest absolute Gasteiger partial charge is 0.493 e. The predicted octanol–water partition coefficient (Wildman–Crippen LogP) is 5.16. The van der Waals surface area contributed by atoms with Crippen molar-refractivity contribution in [3.8, 4) is 5.75 Å². The predicted molar refractivity (Wildman–Crippen MR) is 81.5 cm³/mol. The number of benzene rings is 2. The first-order valence-electron chi connectivity index (χ1n) is 6.45. The van der Waals surface area contributed by atoms with Gasteiger partial charge in [0, 0.05) is 10.9 Å². The van der Waals surface area contributed by atoms with E-state index in [9.17, 15) is 0 Å². The van der Waals surface area contributed by atoms with E-state index in [0.29, 0.717) is 5.92 Å². The summed E-state index contributed by atoms with van der Waals surface area (Å²) < 4.78 is 5.96. The van der Waals surface area contributed by atoms with Gasteiger partial charge in [-0.3, -0.25) is 0 Å². The van der Waals surface area contributed by atoms with Crippen LogP contribution in [-0.4, -0.2) is 6.61 Å². The number of halogens is 1. The molecule has 2 aromatic carbocycles. The zero-order valence-electron chi connectivity index (χ0n) is 10.9. The highest BCUT2D eigenvalue weighted by atomic mass is 79.9. The zero-order chi connectivity index (χ0) is 13.0. The van der Waals surface area contributed by atoms with E-state index in [4.69, 9.17) is 4.74 Å². The molecule has 2 rings (SSSR count). The Hall–Kier alpha value is -1.02. The maximum absolute atomic E-state index is 5.96. The van der Waals surface area contributed by atoms with Crippen molar-refractivity contribution in [2.45, 2.75) is 25.6 Å². The summed E-state index contributed by atoms with van der Waals surface area (Å²) in [4.78, 5) is 0. The van der Waals surface area contributed by atoms with E-state index < -0.39 is 0 Å². The summed E-state index contributed by atoms with van der Waals surface area (Å²) in [6.45, 7) is 5.20. The standard InChI is InChI=1S/C16H19BrO/c1-3-12(2)11-18-16-9-8-13-6-4-5-7-14(13)15(16)10-17/h4-9,12H,3,10-11H2,1-2H3. The molecule has 0 aliphatic carbocycles. The number of fused-ring (bicyclic) bond motifs is 1. The van der Waals surface area contributed by atoms with Crippen LogP contribution in [0.5, 0.6) is 5.75 Å². The summed E-state index contributed by atoms with van der Waals surface area (Å²) in [5.41, 5.74) is 1.25. The van der Waals surface area contributed by atoms with Crippen LogP contribution >= 0.6 is 15.9 Å². The average Bonchev–Trinajstić information content (AvgIpc) is 2.43. The Kier molecular flexibility index (Phi) is 4.65. The molecule has 1 unspecified atom stereocenters. The number of hydrogen-bond acceptors (Lipinski definition) is 1. The summed E-state index contributed by atoms with van der Waals surface area (Å²) in [5.74, 6) is 1.60. The monoisotopic (exact) mass is 306 g/mol. The molecule has 1 nitrogen and oxygen atoms in total. The molecule has 0 saturated carbocycles. The molecule has 0 spiro atoms. The molecule has 0 heterocycles. The summed E-state index contributed by atoms with van der Waals surface area (Å²) >= 11 is 3.57. The van der Waals surface area contributed by atoms with Crippen LogP contribution in [0.3, 0.4) is 0 Å². The third-order valence-electron chi connectivity index (χ3n) is 3.35. The number of rotatable bonds is 5. The number of alkyl halides is 1. The van der Waals surface area contributed by atoms with E-state index in [1.165, 1.54) is 16.3 Å². The van der Waals surface area contributed by atoms with Crippen LogP contribution in [0.4, 0.5) is 0 Å². The van der Waals surface area contributed by atoms with Gasteiger partial charge in [-0.05, 0) is 22.8 Å². The lowest BCUT2D eigenvalue weighted by atomic mass is 10.0. The molecule has 0 N–H and O–H groups in total. The molecule has 0 aliphatic rings. The van der Waals surface area contributed by atoms with Crippen LogP contribution < -0.4 is 4.74 Å². The second-order valence-electron chi connectivity index (χ2n) is 4.72. The highest BCUT2D eigenvalue weighted by Crippen LogP contribution is 2.30. The molecule has 96 valence electrons. The molecule has 1 atom stereocenters. The first-order valence-corrected chi connectivity index (χ1v) is 7.57. The zero-order valence-corrected chi connectivity index (χ0v) is 12.5. The van der Waals surface area contributed by atoms with Crippen LogP contribution in [0.2, 0.25) is 0 Å². The van der Waals surface area contributed by atoms with Crippen LogP contribution in [-0.2, 0) is 5.33 Å². The van der Waals surface area contributed by atoms with Gasteiger partial charge >= 0.3 is 0 Å². The van der Waals surface area contributed by atoms with Gasteiger partial charge in [0.25, 0.3) is 0 Å². The van der Waals surface area contributed by atoms with Gasteiger partial charge in [-0.15, -0.1) is 0 Å². The van der Waals surface area contributed by atoms with Gasteiger partial charge in [0.1, 0.15) is 5.75 Å². The van der Waals surface area contributed by atoms with Crippen molar-refractivity contribution in [3.63, 3.8) is 0 Å². The van der Waals surface area contributed by atoms with E-state index in [2.05, 4.69) is 66.2 Å². The van der Waals surface area contributed by atoms with Crippen molar-refractivity contribution in [2.75, 3.05) is 6.61 Å². The molecule has 2 aromatic rings. The molecular weight excluding hydrogens is 288 g/mol. The molecule has 0 fully saturated rings. The Morgan fingerprint density at radius 2 is 1.94 bits per heavy atom. The first kappa shape index (κ1) is 13.4. The number of hydrogen-bond donors (Lipinski definition) is 0. The van der Waals surface area contributed by atoms with Crippen molar-refractivity contribution in [2.24, 2.45) is 5.92 Å². The summed E-state index contributed by atoms with van der Waals surface area (Å²) in [6, 6.07) is 12.7. The van der Waals surface area contributed by atoms with Gasteiger partial charge < -0.3 is 4.74 Å². The average molecular weight is 307 g/mol. The van der Waals surface area contributed by atoms with E-state index in [1.54, 1.807) is 0 Å². The summed E-state index contributed by atoms with van der Waals surface area (Å²) in [6.07, 6.45) is 1.15. The third kappa shape index (κ3) is 2.86. The second kappa shape index (κ2) is 6.24. The van der Waals surface area contributed by atoms with Gasteiger partial charge in [-0.2, -0.15) is 0 Å². The van der Waals surface area contributed by atoms with Crippen LogP contribution in [0.25, 0.3) is 10.8 Å². The van der Waals surface area contributed by atoms with Crippen molar-refractivity contribution < 1.29 is 4.74 Å². The number of ether oxygens (including phenoxy) is 1. The minimum atomic E-state index is 0.597. The smallest absolute Gasteiger partial charge is 0.123 e. The molecule has 18 heavy (non-hydrogen) atoms. The highest BCUT2D eigenvalue weighted by molar-refractivity contribution is 9.08. The van der Waals surface area contributed by atoms with Crippen LogP contribution in [0, 0.1) is 5.92 Å². The minimum Gasteiger partial charge on any atom is -0.493 e. The fraction of sp³-hybridized carbons (Fsp3) is 0.375. The molecule has 0 aliphatic heterocycles. The Balaban J connectivity index is 2.33. The fourth-order valence-electron chi connectivity index (χ4n) is 1.94. The molecule has 0 aromatic heterocycles. The van der Waals surface area contributed by atoms with Crippen molar-refractivity contribution in [3.05, 3.63) is 42.0 Å². The lowest BCUT2D eigenvalue weighted by Gasteiger charge is -2.15. The lowest BCUT2D eigenvalue weighted by molar-refractivity contribution is 0.255. The Bertz CT molecular complexity index is 521. The Morgan fingerprint density at radius 3 is 2.67 bits per heavy atom. The summed E-state index contributed by atoms with van der Waals surface area (Å²) in [5, 5.41) is 3.36. The van der Waals surface area contributed by atoms with Gasteiger partial charge in [0.15, 0.2) is 0 Å². The lowest BCUT2D eigenvalue weighted by Crippen LogP contribution is -2.08. The van der Waals surface area contributed by atoms with Gasteiger partial charge in [0.2, 0.25) is 0 Å². The molecular formula is C16H19BrO. The van der Waals surface area contributed by atoms with E-state index >= 15 is 0 Å². The van der Waals surface area contributed by atoms with Crippen LogP contribution in [0.15, 0.2) is 36.4 Å².